The number of fused-ring (bicyclic) bond motifs is 2. The SMILES string of the molecule is CC(CCC1CC2CN(CC(F)(F)F)CC2C1)c1ncnc2[nH]ccc12. The van der Waals surface area contributed by atoms with E-state index in [0.29, 0.717) is 36.8 Å². The van der Waals surface area contributed by atoms with Crippen LogP contribution in [-0.4, -0.2) is 45.7 Å². The highest BCUT2D eigenvalue weighted by Gasteiger charge is 2.43. The van der Waals surface area contributed by atoms with Gasteiger partial charge in [-0.25, -0.2) is 9.97 Å². The fourth-order valence-electron chi connectivity index (χ4n) is 5.05. The van der Waals surface area contributed by atoms with Gasteiger partial charge in [0.15, 0.2) is 0 Å². The molecular weight excluding hydrogens is 341 g/mol. The largest absolute Gasteiger partial charge is 0.401 e. The monoisotopic (exact) mass is 366 g/mol. The van der Waals surface area contributed by atoms with Crippen LogP contribution >= 0.6 is 0 Å². The van der Waals surface area contributed by atoms with Gasteiger partial charge in [0.05, 0.1) is 12.2 Å². The van der Waals surface area contributed by atoms with Crippen molar-refractivity contribution in [3.8, 4) is 0 Å². The lowest BCUT2D eigenvalue weighted by Crippen LogP contribution is -2.33. The lowest BCUT2D eigenvalue weighted by Gasteiger charge is -2.20. The normalized spacial score (nSPS) is 27.9. The zero-order valence-corrected chi connectivity index (χ0v) is 15.0. The number of aromatic nitrogens is 3. The van der Waals surface area contributed by atoms with Crippen molar-refractivity contribution < 1.29 is 13.2 Å². The maximum absolute atomic E-state index is 12.6. The number of hydrogen-bond donors (Lipinski definition) is 1. The van der Waals surface area contributed by atoms with E-state index >= 15 is 0 Å². The van der Waals surface area contributed by atoms with Crippen molar-refractivity contribution in [2.45, 2.75) is 44.7 Å². The lowest BCUT2D eigenvalue weighted by atomic mass is 9.92. The van der Waals surface area contributed by atoms with E-state index in [4.69, 9.17) is 0 Å². The summed E-state index contributed by atoms with van der Waals surface area (Å²) < 4.78 is 37.7. The number of aromatic amines is 1. The molecule has 2 aromatic rings. The van der Waals surface area contributed by atoms with Crippen LogP contribution in [-0.2, 0) is 0 Å². The zero-order chi connectivity index (χ0) is 18.3. The number of hydrogen-bond acceptors (Lipinski definition) is 3. The molecule has 0 bridgehead atoms. The third kappa shape index (κ3) is 3.72. The van der Waals surface area contributed by atoms with Crippen LogP contribution in [0, 0.1) is 17.8 Å². The van der Waals surface area contributed by atoms with Crippen molar-refractivity contribution in [1.82, 2.24) is 19.9 Å². The first-order chi connectivity index (χ1) is 12.4. The van der Waals surface area contributed by atoms with E-state index in [1.165, 1.54) is 0 Å². The van der Waals surface area contributed by atoms with Gasteiger partial charge in [0, 0.05) is 24.7 Å². The second kappa shape index (κ2) is 6.83. The smallest absolute Gasteiger partial charge is 0.346 e. The molecule has 2 aliphatic rings. The van der Waals surface area contributed by atoms with Crippen LogP contribution in [0.25, 0.3) is 11.0 Å². The van der Waals surface area contributed by atoms with Gasteiger partial charge < -0.3 is 4.98 Å². The molecule has 1 saturated heterocycles. The van der Waals surface area contributed by atoms with E-state index in [9.17, 15) is 13.2 Å². The number of nitrogens with zero attached hydrogens (tertiary/aromatic N) is 3. The Morgan fingerprint density at radius 1 is 1.23 bits per heavy atom. The molecule has 1 aliphatic carbocycles. The molecule has 0 aromatic carbocycles. The minimum Gasteiger partial charge on any atom is -0.346 e. The molecular formula is C19H25F3N4. The molecule has 0 radical (unpaired) electrons. The standard InChI is InChI=1S/C19H25F3N4/c1-12(17-16-4-5-23-18(16)25-11-24-17)2-3-13-6-14-8-26(9-15(14)7-13)10-19(20,21)22/h4-5,11-15H,2-3,6-10H2,1H3,(H,23,24,25). The number of H-pyrrole nitrogens is 1. The summed E-state index contributed by atoms with van der Waals surface area (Å²) in [6.07, 6.45) is 3.77. The molecule has 3 heterocycles. The highest BCUT2D eigenvalue weighted by atomic mass is 19.4. The topological polar surface area (TPSA) is 44.8 Å². The van der Waals surface area contributed by atoms with Gasteiger partial charge in [-0.1, -0.05) is 6.92 Å². The molecule has 26 heavy (non-hydrogen) atoms. The van der Waals surface area contributed by atoms with Crippen molar-refractivity contribution >= 4 is 11.0 Å². The van der Waals surface area contributed by atoms with Crippen LogP contribution in [0.4, 0.5) is 13.2 Å². The molecule has 4 nitrogen and oxygen atoms in total. The molecule has 0 amide bonds. The van der Waals surface area contributed by atoms with Crippen molar-refractivity contribution in [1.29, 1.82) is 0 Å². The van der Waals surface area contributed by atoms with E-state index < -0.39 is 12.7 Å². The van der Waals surface area contributed by atoms with Crippen molar-refractivity contribution in [3.05, 3.63) is 24.3 Å². The fraction of sp³-hybridized carbons (Fsp3) is 0.684. The van der Waals surface area contributed by atoms with Gasteiger partial charge in [-0.3, -0.25) is 4.90 Å². The molecule has 7 heteroatoms. The molecule has 0 spiro atoms. The van der Waals surface area contributed by atoms with Crippen LogP contribution in [0.3, 0.4) is 0 Å². The molecule has 3 unspecified atom stereocenters. The zero-order valence-electron chi connectivity index (χ0n) is 15.0. The average Bonchev–Trinajstić information content (AvgIpc) is 3.24. The van der Waals surface area contributed by atoms with Gasteiger partial charge >= 0.3 is 6.18 Å². The van der Waals surface area contributed by atoms with E-state index in [-0.39, 0.29) is 0 Å². The molecule has 4 rings (SSSR count). The highest BCUT2D eigenvalue weighted by molar-refractivity contribution is 5.78. The molecule has 1 N–H and O–H groups in total. The Morgan fingerprint density at radius 2 is 1.96 bits per heavy atom. The minimum atomic E-state index is -4.07. The van der Waals surface area contributed by atoms with Gasteiger partial charge in [0.1, 0.15) is 12.0 Å². The summed E-state index contributed by atoms with van der Waals surface area (Å²) in [5.41, 5.74) is 1.97. The molecule has 2 aromatic heterocycles. The Balaban J connectivity index is 1.29. The van der Waals surface area contributed by atoms with E-state index in [1.807, 2.05) is 12.3 Å². The summed E-state index contributed by atoms with van der Waals surface area (Å²) in [4.78, 5) is 13.4. The number of nitrogens with one attached hydrogen (secondary N) is 1. The number of rotatable bonds is 5. The Morgan fingerprint density at radius 3 is 2.65 bits per heavy atom. The third-order valence-corrected chi connectivity index (χ3v) is 6.19. The van der Waals surface area contributed by atoms with Gasteiger partial charge in [-0.2, -0.15) is 13.2 Å². The summed E-state index contributed by atoms with van der Waals surface area (Å²) in [5.74, 6) is 1.91. The van der Waals surface area contributed by atoms with Crippen molar-refractivity contribution in [2.24, 2.45) is 17.8 Å². The molecule has 2 fully saturated rings. The van der Waals surface area contributed by atoms with Crippen LogP contribution in [0.1, 0.15) is 44.2 Å². The molecule has 142 valence electrons. The number of alkyl halides is 3. The molecule has 1 saturated carbocycles. The van der Waals surface area contributed by atoms with E-state index in [0.717, 1.165) is 42.4 Å². The third-order valence-electron chi connectivity index (χ3n) is 6.19. The summed E-state index contributed by atoms with van der Waals surface area (Å²) in [6, 6.07) is 2.02. The highest BCUT2D eigenvalue weighted by Crippen LogP contribution is 2.44. The maximum Gasteiger partial charge on any atom is 0.401 e. The maximum atomic E-state index is 12.6. The Kier molecular flexibility index (Phi) is 4.67. The van der Waals surface area contributed by atoms with Crippen LogP contribution in [0.2, 0.25) is 0 Å². The van der Waals surface area contributed by atoms with Gasteiger partial charge in [-0.15, -0.1) is 0 Å². The van der Waals surface area contributed by atoms with Gasteiger partial charge in [-0.05, 0) is 55.4 Å². The van der Waals surface area contributed by atoms with Crippen molar-refractivity contribution in [3.63, 3.8) is 0 Å². The average molecular weight is 366 g/mol. The second-order valence-electron chi connectivity index (χ2n) is 8.14. The predicted octanol–water partition coefficient (Wildman–Crippen LogP) is 4.36. The molecule has 1 aliphatic heterocycles. The first kappa shape index (κ1) is 17.8. The van der Waals surface area contributed by atoms with Crippen LogP contribution in [0.5, 0.6) is 0 Å². The second-order valence-corrected chi connectivity index (χ2v) is 8.14. The summed E-state index contributed by atoms with van der Waals surface area (Å²) in [5, 5.41) is 1.09. The van der Waals surface area contributed by atoms with Crippen LogP contribution in [0.15, 0.2) is 18.6 Å². The summed E-state index contributed by atoms with van der Waals surface area (Å²) >= 11 is 0. The Labute approximate surface area is 151 Å². The van der Waals surface area contributed by atoms with E-state index in [2.05, 4.69) is 21.9 Å². The first-order valence-corrected chi connectivity index (χ1v) is 9.46. The van der Waals surface area contributed by atoms with Gasteiger partial charge in [0.2, 0.25) is 0 Å². The van der Waals surface area contributed by atoms with E-state index in [1.54, 1.807) is 11.2 Å². The Hall–Kier alpha value is -1.63. The number of halogens is 3. The first-order valence-electron chi connectivity index (χ1n) is 9.46. The van der Waals surface area contributed by atoms with Crippen LogP contribution < -0.4 is 0 Å². The quantitative estimate of drug-likeness (QED) is 0.855. The van der Waals surface area contributed by atoms with Gasteiger partial charge in [0.25, 0.3) is 0 Å². The minimum absolute atomic E-state index is 0.360. The predicted molar refractivity (Wildman–Crippen MR) is 93.7 cm³/mol. The summed E-state index contributed by atoms with van der Waals surface area (Å²) in [7, 11) is 0. The Bertz CT molecular complexity index is 743. The summed E-state index contributed by atoms with van der Waals surface area (Å²) in [6.45, 7) is 2.69. The van der Waals surface area contributed by atoms with Crippen molar-refractivity contribution in [2.75, 3.05) is 19.6 Å². The lowest BCUT2D eigenvalue weighted by molar-refractivity contribution is -0.144. The fourth-order valence-corrected chi connectivity index (χ4v) is 5.05. The number of likely N-dealkylation sites (tertiary alicyclic amines) is 1. The molecule has 3 atom stereocenters.